The second-order valence-corrected chi connectivity index (χ2v) is 4.73. The molecule has 3 nitrogen and oxygen atoms in total. The minimum Gasteiger partial charge on any atom is -0.457 e. The Kier molecular flexibility index (Phi) is 3.69. The third-order valence-electron chi connectivity index (χ3n) is 2.80. The van der Waals surface area contributed by atoms with Gasteiger partial charge in [0, 0.05) is 18.0 Å². The van der Waals surface area contributed by atoms with E-state index in [-0.39, 0.29) is 11.0 Å². The van der Waals surface area contributed by atoms with Crippen LogP contribution in [0.5, 0.6) is 0 Å². The van der Waals surface area contributed by atoms with Gasteiger partial charge >= 0.3 is 5.97 Å². The fourth-order valence-corrected chi connectivity index (χ4v) is 2.06. The summed E-state index contributed by atoms with van der Waals surface area (Å²) in [6.07, 6.45) is 0.776. The molecule has 0 aliphatic carbocycles. The first kappa shape index (κ1) is 12.4. The fourth-order valence-electron chi connectivity index (χ4n) is 1.85. The van der Waals surface area contributed by atoms with E-state index in [2.05, 4.69) is 17.5 Å². The number of halogens is 1. The highest BCUT2D eigenvalue weighted by molar-refractivity contribution is 7.80. The lowest BCUT2D eigenvalue weighted by Gasteiger charge is -2.12. The van der Waals surface area contributed by atoms with Crippen LogP contribution in [0.4, 0.5) is 4.39 Å². The number of hydrogen-bond donors (Lipinski definition) is 1. The van der Waals surface area contributed by atoms with Gasteiger partial charge in [-0.05, 0) is 31.7 Å². The molecule has 1 atom stereocenters. The van der Waals surface area contributed by atoms with E-state index in [4.69, 9.17) is 4.74 Å². The predicted octanol–water partition coefficient (Wildman–Crippen LogP) is 1.98. The molecule has 0 aromatic heterocycles. The van der Waals surface area contributed by atoms with Gasteiger partial charge in [0.05, 0.1) is 5.56 Å². The molecule has 92 valence electrons. The third kappa shape index (κ3) is 2.98. The number of carbonyl (C=O) groups is 1. The van der Waals surface area contributed by atoms with Gasteiger partial charge in [-0.15, -0.1) is 12.6 Å². The van der Waals surface area contributed by atoms with E-state index >= 15 is 0 Å². The Morgan fingerprint density at radius 2 is 2.35 bits per heavy atom. The summed E-state index contributed by atoms with van der Waals surface area (Å²) in [5.74, 6) is -0.855. The molecule has 1 fully saturated rings. The van der Waals surface area contributed by atoms with Crippen molar-refractivity contribution in [2.75, 3.05) is 20.1 Å². The zero-order valence-corrected chi connectivity index (χ0v) is 10.4. The zero-order valence-electron chi connectivity index (χ0n) is 9.52. The number of likely N-dealkylation sites (N-methyl/N-ethyl adjacent to an activating group) is 1. The summed E-state index contributed by atoms with van der Waals surface area (Å²) in [6, 6.07) is 4.02. The summed E-state index contributed by atoms with van der Waals surface area (Å²) in [6.45, 7) is 1.68. The van der Waals surface area contributed by atoms with Gasteiger partial charge in [0.25, 0.3) is 0 Å². The second kappa shape index (κ2) is 5.06. The Balaban J connectivity index is 2.02. The number of esters is 1. The quantitative estimate of drug-likeness (QED) is 0.647. The molecule has 1 saturated heterocycles. The first-order valence-corrected chi connectivity index (χ1v) is 5.89. The molecule has 2 rings (SSSR count). The first-order chi connectivity index (χ1) is 8.06. The molecule has 1 aromatic rings. The van der Waals surface area contributed by atoms with Crippen molar-refractivity contribution in [2.45, 2.75) is 17.4 Å². The Labute approximate surface area is 105 Å². The summed E-state index contributed by atoms with van der Waals surface area (Å²) in [5.41, 5.74) is 0.339. The normalized spacial score (nSPS) is 20.5. The molecule has 0 bridgehead atoms. The molecule has 17 heavy (non-hydrogen) atoms. The number of nitrogens with zero attached hydrogens (tertiary/aromatic N) is 1. The zero-order chi connectivity index (χ0) is 12.4. The topological polar surface area (TPSA) is 29.5 Å². The molecule has 0 amide bonds. The maximum absolute atomic E-state index is 13.0. The van der Waals surface area contributed by atoms with Crippen molar-refractivity contribution >= 4 is 18.6 Å². The Morgan fingerprint density at radius 3 is 2.94 bits per heavy atom. The molecule has 1 aliphatic rings. The summed E-state index contributed by atoms with van der Waals surface area (Å²) in [5, 5.41) is 0. The van der Waals surface area contributed by atoms with E-state index in [0.717, 1.165) is 19.5 Å². The first-order valence-electron chi connectivity index (χ1n) is 5.44. The lowest BCUT2D eigenvalue weighted by atomic mass is 10.2. The molecule has 0 saturated carbocycles. The van der Waals surface area contributed by atoms with E-state index in [1.54, 1.807) is 0 Å². The molecule has 1 aliphatic heterocycles. The Morgan fingerprint density at radius 1 is 1.59 bits per heavy atom. The molecular formula is C12H14FNO2S. The summed E-state index contributed by atoms with van der Waals surface area (Å²) >= 11 is 3.93. The number of rotatable bonds is 2. The van der Waals surface area contributed by atoms with Crippen molar-refractivity contribution in [3.8, 4) is 0 Å². The number of likely N-dealkylation sites (tertiary alicyclic amines) is 1. The summed E-state index contributed by atoms with van der Waals surface area (Å²) in [4.78, 5) is 14.0. The molecule has 5 heteroatoms. The summed E-state index contributed by atoms with van der Waals surface area (Å²) < 4.78 is 18.3. The van der Waals surface area contributed by atoms with Crippen molar-refractivity contribution in [2.24, 2.45) is 0 Å². The van der Waals surface area contributed by atoms with Gasteiger partial charge in [-0.1, -0.05) is 0 Å². The van der Waals surface area contributed by atoms with E-state index in [1.807, 2.05) is 7.05 Å². The maximum atomic E-state index is 13.0. The van der Waals surface area contributed by atoms with Crippen molar-refractivity contribution in [3.63, 3.8) is 0 Å². The van der Waals surface area contributed by atoms with Gasteiger partial charge < -0.3 is 9.64 Å². The standard InChI is InChI=1S/C12H14FNO2S/c1-14-5-4-9(7-14)16-12(15)8-2-3-10(13)11(17)6-8/h2-3,6,9,17H,4-5,7H2,1H3. The average molecular weight is 255 g/mol. The maximum Gasteiger partial charge on any atom is 0.338 e. The second-order valence-electron chi connectivity index (χ2n) is 4.24. The Hall–Kier alpha value is -1.07. The van der Waals surface area contributed by atoms with Gasteiger partial charge in [-0.2, -0.15) is 0 Å². The van der Waals surface area contributed by atoms with E-state index in [9.17, 15) is 9.18 Å². The van der Waals surface area contributed by atoms with Crippen LogP contribution < -0.4 is 0 Å². The largest absolute Gasteiger partial charge is 0.457 e. The van der Waals surface area contributed by atoms with Crippen molar-refractivity contribution in [3.05, 3.63) is 29.6 Å². The molecule has 0 radical (unpaired) electrons. The molecule has 0 N–H and O–H groups in total. The number of ether oxygens (including phenoxy) is 1. The average Bonchev–Trinajstić information content (AvgIpc) is 2.68. The predicted molar refractivity (Wildman–Crippen MR) is 65.0 cm³/mol. The monoisotopic (exact) mass is 255 g/mol. The van der Waals surface area contributed by atoms with Crippen LogP contribution >= 0.6 is 12.6 Å². The van der Waals surface area contributed by atoms with Gasteiger partial charge in [-0.25, -0.2) is 9.18 Å². The highest BCUT2D eigenvalue weighted by Crippen LogP contribution is 2.17. The van der Waals surface area contributed by atoms with Gasteiger partial charge in [0.15, 0.2) is 0 Å². The van der Waals surface area contributed by atoms with E-state index in [1.165, 1.54) is 18.2 Å². The van der Waals surface area contributed by atoms with Crippen molar-refractivity contribution in [1.82, 2.24) is 4.90 Å². The van der Waals surface area contributed by atoms with Gasteiger partial charge in [0.1, 0.15) is 11.9 Å². The number of benzene rings is 1. The van der Waals surface area contributed by atoms with Crippen LogP contribution in [0.2, 0.25) is 0 Å². The highest BCUT2D eigenvalue weighted by atomic mass is 32.1. The van der Waals surface area contributed by atoms with E-state index in [0.29, 0.717) is 5.56 Å². The smallest absolute Gasteiger partial charge is 0.338 e. The Bertz CT molecular complexity index is 439. The van der Waals surface area contributed by atoms with Crippen molar-refractivity contribution < 1.29 is 13.9 Å². The van der Waals surface area contributed by atoms with Crippen LogP contribution in [-0.2, 0) is 4.74 Å². The minimum absolute atomic E-state index is 0.0686. The third-order valence-corrected chi connectivity index (χ3v) is 3.15. The van der Waals surface area contributed by atoms with Crippen LogP contribution in [0.15, 0.2) is 23.1 Å². The molecule has 1 aromatic carbocycles. The van der Waals surface area contributed by atoms with Crippen LogP contribution in [0.3, 0.4) is 0 Å². The molecule has 1 unspecified atom stereocenters. The van der Waals surface area contributed by atoms with Gasteiger partial charge in [0.2, 0.25) is 0 Å². The minimum atomic E-state index is -0.439. The number of carbonyl (C=O) groups excluding carboxylic acids is 1. The van der Waals surface area contributed by atoms with Gasteiger partial charge in [-0.3, -0.25) is 0 Å². The number of hydrogen-bond acceptors (Lipinski definition) is 4. The number of thiol groups is 1. The van der Waals surface area contributed by atoms with Crippen molar-refractivity contribution in [1.29, 1.82) is 0 Å². The molecule has 1 heterocycles. The van der Waals surface area contributed by atoms with Crippen LogP contribution in [0.1, 0.15) is 16.8 Å². The van der Waals surface area contributed by atoms with E-state index < -0.39 is 11.8 Å². The highest BCUT2D eigenvalue weighted by Gasteiger charge is 2.23. The van der Waals surface area contributed by atoms with Crippen LogP contribution in [0.25, 0.3) is 0 Å². The van der Waals surface area contributed by atoms with Crippen LogP contribution in [-0.4, -0.2) is 37.1 Å². The molecule has 0 spiro atoms. The fraction of sp³-hybridized carbons (Fsp3) is 0.417. The SMILES string of the molecule is CN1CCC(OC(=O)c2ccc(F)c(S)c2)C1. The van der Waals surface area contributed by atoms with Crippen LogP contribution in [0, 0.1) is 5.82 Å². The lowest BCUT2D eigenvalue weighted by molar-refractivity contribution is 0.0327. The molecular weight excluding hydrogens is 241 g/mol. The summed E-state index contributed by atoms with van der Waals surface area (Å²) in [7, 11) is 1.98. The lowest BCUT2D eigenvalue weighted by Crippen LogP contribution is -2.22.